The van der Waals surface area contributed by atoms with Gasteiger partial charge in [-0.2, -0.15) is 0 Å². The summed E-state index contributed by atoms with van der Waals surface area (Å²) < 4.78 is 0. The van der Waals surface area contributed by atoms with Crippen LogP contribution in [0.3, 0.4) is 0 Å². The van der Waals surface area contributed by atoms with Crippen molar-refractivity contribution in [3.8, 4) is 0 Å². The van der Waals surface area contributed by atoms with Gasteiger partial charge in [-0.3, -0.25) is 4.79 Å². The van der Waals surface area contributed by atoms with Crippen molar-refractivity contribution in [1.82, 2.24) is 0 Å². The zero-order valence-corrected chi connectivity index (χ0v) is 12.8. The van der Waals surface area contributed by atoms with Gasteiger partial charge in [-0.1, -0.05) is 80.3 Å². The predicted molar refractivity (Wildman–Crippen MR) is 87.9 cm³/mol. The lowest BCUT2D eigenvalue weighted by Gasteiger charge is -2.27. The number of hydrogen-bond donors (Lipinski definition) is 1. The maximum Gasteiger partial charge on any atom is 0.193 e. The van der Waals surface area contributed by atoms with Crippen LogP contribution in [0.5, 0.6) is 0 Å². The van der Waals surface area contributed by atoms with Gasteiger partial charge >= 0.3 is 0 Å². The minimum absolute atomic E-state index is 0.0278. The van der Waals surface area contributed by atoms with E-state index in [1.165, 1.54) is 12.8 Å². The molecule has 0 amide bonds. The molecular formula is C20H22O2. The van der Waals surface area contributed by atoms with Crippen molar-refractivity contribution in [1.29, 1.82) is 0 Å². The molecule has 1 aliphatic carbocycles. The minimum atomic E-state index is -0.717. The largest absolute Gasteiger partial charge is 0.385 e. The number of ketones is 1. The summed E-state index contributed by atoms with van der Waals surface area (Å²) in [6, 6.07) is 16.8. The lowest BCUT2D eigenvalue weighted by molar-refractivity contribution is 0.0207. The minimum Gasteiger partial charge on any atom is -0.385 e. The molecule has 0 unspecified atom stereocenters. The molecule has 1 saturated carbocycles. The van der Waals surface area contributed by atoms with Crippen molar-refractivity contribution in [3.05, 3.63) is 71.3 Å². The number of rotatable bonds is 3. The average Bonchev–Trinajstić information content (AvgIpc) is 2.81. The molecule has 0 spiro atoms. The molecule has 0 radical (unpaired) electrons. The Labute approximate surface area is 131 Å². The smallest absolute Gasteiger partial charge is 0.193 e. The van der Waals surface area contributed by atoms with Gasteiger partial charge in [0.15, 0.2) is 5.78 Å². The van der Waals surface area contributed by atoms with E-state index >= 15 is 0 Å². The van der Waals surface area contributed by atoms with Crippen LogP contribution in [0.25, 0.3) is 0 Å². The Balaban J connectivity index is 1.82. The Morgan fingerprint density at radius 2 is 1.32 bits per heavy atom. The third-order valence-electron chi connectivity index (χ3n) is 4.65. The molecule has 0 heterocycles. The fourth-order valence-electron chi connectivity index (χ4n) is 3.29. The van der Waals surface area contributed by atoms with Gasteiger partial charge in [-0.05, 0) is 18.4 Å². The Kier molecular flexibility index (Phi) is 4.39. The average molecular weight is 294 g/mol. The van der Waals surface area contributed by atoms with E-state index in [0.717, 1.165) is 31.2 Å². The molecule has 2 nitrogen and oxygen atoms in total. The Bertz CT molecular complexity index is 621. The van der Waals surface area contributed by atoms with E-state index in [-0.39, 0.29) is 5.78 Å². The van der Waals surface area contributed by atoms with Gasteiger partial charge < -0.3 is 5.11 Å². The zero-order chi connectivity index (χ0) is 15.4. The van der Waals surface area contributed by atoms with Crippen molar-refractivity contribution in [3.63, 3.8) is 0 Å². The summed E-state index contributed by atoms with van der Waals surface area (Å²) in [4.78, 5) is 12.4. The fraction of sp³-hybridized carbons (Fsp3) is 0.350. The van der Waals surface area contributed by atoms with Gasteiger partial charge in [-0.25, -0.2) is 0 Å². The van der Waals surface area contributed by atoms with Crippen LogP contribution < -0.4 is 0 Å². The van der Waals surface area contributed by atoms with E-state index in [1.54, 1.807) is 0 Å². The predicted octanol–water partition coefficient (Wildman–Crippen LogP) is 4.46. The Morgan fingerprint density at radius 1 is 0.773 bits per heavy atom. The lowest BCUT2D eigenvalue weighted by atomic mass is 9.86. The first kappa shape index (κ1) is 15.0. The maximum atomic E-state index is 12.4. The van der Waals surface area contributed by atoms with E-state index in [9.17, 15) is 9.90 Å². The van der Waals surface area contributed by atoms with Crippen LogP contribution in [0.15, 0.2) is 54.6 Å². The van der Waals surface area contributed by atoms with Crippen LogP contribution in [0, 0.1) is 0 Å². The Hall–Kier alpha value is -1.93. The second-order valence-electron chi connectivity index (χ2n) is 6.22. The van der Waals surface area contributed by atoms with Gasteiger partial charge in [0.2, 0.25) is 0 Å². The van der Waals surface area contributed by atoms with Crippen molar-refractivity contribution in [2.24, 2.45) is 0 Å². The van der Waals surface area contributed by atoms with Crippen LogP contribution in [-0.4, -0.2) is 10.9 Å². The first-order valence-electron chi connectivity index (χ1n) is 8.12. The maximum absolute atomic E-state index is 12.4. The molecule has 22 heavy (non-hydrogen) atoms. The summed E-state index contributed by atoms with van der Waals surface area (Å²) in [6.07, 6.45) is 6.18. The summed E-state index contributed by atoms with van der Waals surface area (Å²) in [5, 5.41) is 10.9. The van der Waals surface area contributed by atoms with E-state index in [1.807, 2.05) is 54.6 Å². The van der Waals surface area contributed by atoms with Gasteiger partial charge in [0, 0.05) is 11.1 Å². The highest BCUT2D eigenvalue weighted by Crippen LogP contribution is 2.35. The number of aliphatic hydroxyl groups is 1. The van der Waals surface area contributed by atoms with Crippen LogP contribution >= 0.6 is 0 Å². The summed E-state index contributed by atoms with van der Waals surface area (Å²) >= 11 is 0. The number of carbonyl (C=O) groups excluding carboxylic acids is 1. The molecule has 0 aromatic heterocycles. The summed E-state index contributed by atoms with van der Waals surface area (Å²) in [7, 11) is 0. The lowest BCUT2D eigenvalue weighted by Crippen LogP contribution is -2.24. The molecule has 114 valence electrons. The van der Waals surface area contributed by atoms with Gasteiger partial charge in [0.25, 0.3) is 0 Å². The normalized spacial score (nSPS) is 17.7. The molecule has 0 saturated heterocycles. The van der Waals surface area contributed by atoms with E-state index in [4.69, 9.17) is 0 Å². The van der Waals surface area contributed by atoms with Crippen LogP contribution in [0.1, 0.15) is 60.0 Å². The molecule has 2 aromatic carbocycles. The van der Waals surface area contributed by atoms with Crippen LogP contribution in [0.4, 0.5) is 0 Å². The molecule has 2 aromatic rings. The number of benzene rings is 2. The summed E-state index contributed by atoms with van der Waals surface area (Å²) in [5.74, 6) is 0.0278. The second-order valence-corrected chi connectivity index (χ2v) is 6.22. The molecule has 1 N–H and O–H groups in total. The topological polar surface area (TPSA) is 37.3 Å². The molecular weight excluding hydrogens is 272 g/mol. The van der Waals surface area contributed by atoms with Crippen LogP contribution in [-0.2, 0) is 5.60 Å². The quantitative estimate of drug-likeness (QED) is 0.670. The zero-order valence-electron chi connectivity index (χ0n) is 12.8. The van der Waals surface area contributed by atoms with E-state index in [0.29, 0.717) is 11.1 Å². The highest BCUT2D eigenvalue weighted by Gasteiger charge is 2.29. The van der Waals surface area contributed by atoms with Crippen molar-refractivity contribution < 1.29 is 9.90 Å². The van der Waals surface area contributed by atoms with Crippen molar-refractivity contribution in [2.75, 3.05) is 0 Å². The van der Waals surface area contributed by atoms with Gasteiger partial charge in [0.1, 0.15) is 0 Å². The van der Waals surface area contributed by atoms with Gasteiger partial charge in [0.05, 0.1) is 5.60 Å². The van der Waals surface area contributed by atoms with E-state index in [2.05, 4.69) is 0 Å². The van der Waals surface area contributed by atoms with E-state index < -0.39 is 5.60 Å². The first-order chi connectivity index (χ1) is 10.7. The molecule has 1 fully saturated rings. The Morgan fingerprint density at radius 3 is 1.91 bits per heavy atom. The standard InChI is InChI=1S/C20H22O2/c21-19(16-8-4-3-5-9-16)17-10-12-18(13-11-17)20(22)14-6-1-2-7-15-20/h3-5,8-13,22H,1-2,6-7,14-15H2. The first-order valence-corrected chi connectivity index (χ1v) is 8.12. The monoisotopic (exact) mass is 294 g/mol. The molecule has 3 rings (SSSR count). The molecule has 2 heteroatoms. The molecule has 0 atom stereocenters. The highest BCUT2D eigenvalue weighted by molar-refractivity contribution is 6.08. The van der Waals surface area contributed by atoms with Crippen molar-refractivity contribution in [2.45, 2.75) is 44.1 Å². The number of carbonyl (C=O) groups is 1. The SMILES string of the molecule is O=C(c1ccccc1)c1ccc(C2(O)CCCCCC2)cc1. The summed E-state index contributed by atoms with van der Waals surface area (Å²) in [5.41, 5.74) is 1.60. The number of hydrogen-bond acceptors (Lipinski definition) is 2. The third kappa shape index (κ3) is 3.12. The summed E-state index contributed by atoms with van der Waals surface area (Å²) in [6.45, 7) is 0. The van der Waals surface area contributed by atoms with Crippen molar-refractivity contribution >= 4 is 5.78 Å². The fourth-order valence-corrected chi connectivity index (χ4v) is 3.29. The molecule has 1 aliphatic rings. The third-order valence-corrected chi connectivity index (χ3v) is 4.65. The van der Waals surface area contributed by atoms with Crippen LogP contribution in [0.2, 0.25) is 0 Å². The molecule has 0 aliphatic heterocycles. The molecule has 0 bridgehead atoms. The highest BCUT2D eigenvalue weighted by atomic mass is 16.3. The second kappa shape index (κ2) is 6.45. The van der Waals surface area contributed by atoms with Gasteiger partial charge in [-0.15, -0.1) is 0 Å².